The van der Waals surface area contributed by atoms with E-state index in [0.29, 0.717) is 16.3 Å². The van der Waals surface area contributed by atoms with Gasteiger partial charge in [0.1, 0.15) is 0 Å². The van der Waals surface area contributed by atoms with Crippen LogP contribution in [-0.2, 0) is 19.1 Å². The van der Waals surface area contributed by atoms with Crippen LogP contribution in [0.4, 0.5) is 5.69 Å². The molecule has 8 nitrogen and oxygen atoms in total. The minimum atomic E-state index is -0.806. The predicted octanol–water partition coefficient (Wildman–Crippen LogP) is 2.98. The average molecular weight is 464 g/mol. The van der Waals surface area contributed by atoms with Crippen molar-refractivity contribution < 1.29 is 23.9 Å². The van der Waals surface area contributed by atoms with Crippen molar-refractivity contribution in [3.05, 3.63) is 63.6 Å². The highest BCUT2D eigenvalue weighted by atomic mass is 35.5. The molecule has 0 bridgehead atoms. The van der Waals surface area contributed by atoms with Gasteiger partial charge in [-0.15, -0.1) is 0 Å². The van der Waals surface area contributed by atoms with Crippen LogP contribution in [0.2, 0.25) is 10.0 Å². The Morgan fingerprint density at radius 3 is 2.55 bits per heavy atom. The Kier molecular flexibility index (Phi) is 7.14. The van der Waals surface area contributed by atoms with Gasteiger partial charge in [-0.05, 0) is 36.8 Å². The number of hydrogen-bond acceptors (Lipinski definition) is 5. The summed E-state index contributed by atoms with van der Waals surface area (Å²) in [5.41, 5.74) is 3.85. The van der Waals surface area contributed by atoms with Gasteiger partial charge in [0.2, 0.25) is 5.91 Å². The van der Waals surface area contributed by atoms with Crippen molar-refractivity contribution in [3.63, 3.8) is 0 Å². The number of rotatable bonds is 6. The fraction of sp³-hybridized carbons (Fsp3) is 0.238. The van der Waals surface area contributed by atoms with E-state index in [0.717, 1.165) is 5.01 Å². The molecule has 162 valence electrons. The molecule has 1 aliphatic heterocycles. The first-order chi connectivity index (χ1) is 14.8. The highest BCUT2D eigenvalue weighted by Crippen LogP contribution is 2.23. The van der Waals surface area contributed by atoms with Crippen LogP contribution in [0.1, 0.15) is 22.3 Å². The molecule has 2 aromatic rings. The lowest BCUT2D eigenvalue weighted by Gasteiger charge is -2.18. The second-order valence-corrected chi connectivity index (χ2v) is 7.71. The first-order valence-corrected chi connectivity index (χ1v) is 10.1. The van der Waals surface area contributed by atoms with Crippen molar-refractivity contribution in [3.8, 4) is 0 Å². The van der Waals surface area contributed by atoms with Crippen molar-refractivity contribution in [2.75, 3.05) is 18.5 Å². The number of carbonyl (C=O) groups is 4. The molecule has 0 aliphatic carbocycles. The molecule has 2 N–H and O–H groups in total. The summed E-state index contributed by atoms with van der Waals surface area (Å²) < 4.78 is 5.04. The summed E-state index contributed by atoms with van der Waals surface area (Å²) in [6.45, 7) is 1.17. The van der Waals surface area contributed by atoms with E-state index >= 15 is 0 Å². The van der Waals surface area contributed by atoms with Crippen molar-refractivity contribution in [2.45, 2.75) is 13.3 Å². The van der Waals surface area contributed by atoms with Gasteiger partial charge in [0.25, 0.3) is 11.8 Å². The van der Waals surface area contributed by atoms with Gasteiger partial charge in [0.15, 0.2) is 6.61 Å². The Bertz CT molecular complexity index is 1040. The highest BCUT2D eigenvalue weighted by molar-refractivity contribution is 6.33. The molecule has 2 aromatic carbocycles. The monoisotopic (exact) mass is 463 g/mol. The van der Waals surface area contributed by atoms with Crippen LogP contribution in [0.15, 0.2) is 42.5 Å². The number of hydrazine groups is 1. The molecule has 0 spiro atoms. The van der Waals surface area contributed by atoms with Crippen LogP contribution >= 0.6 is 23.2 Å². The van der Waals surface area contributed by atoms with E-state index in [2.05, 4.69) is 10.7 Å². The number of carbonyl (C=O) groups excluding carboxylic acids is 4. The molecule has 3 rings (SSSR count). The Hall–Kier alpha value is -3.10. The number of esters is 1. The second kappa shape index (κ2) is 9.80. The van der Waals surface area contributed by atoms with Crippen molar-refractivity contribution in [2.24, 2.45) is 5.92 Å². The molecular formula is C21H19Cl2N3O5. The summed E-state index contributed by atoms with van der Waals surface area (Å²) in [7, 11) is 0. The maximum Gasteiger partial charge on any atom is 0.311 e. The maximum absolute atomic E-state index is 12.3. The Labute approximate surface area is 188 Å². The molecule has 0 unspecified atom stereocenters. The lowest BCUT2D eigenvalue weighted by Crippen LogP contribution is -2.43. The Morgan fingerprint density at radius 2 is 1.81 bits per heavy atom. The summed E-state index contributed by atoms with van der Waals surface area (Å²) in [6.07, 6.45) is -0.142. The number of nitrogens with one attached hydrogen (secondary N) is 2. The molecule has 10 heteroatoms. The second-order valence-electron chi connectivity index (χ2n) is 6.89. The van der Waals surface area contributed by atoms with E-state index in [1.54, 1.807) is 43.3 Å². The van der Waals surface area contributed by atoms with E-state index in [9.17, 15) is 19.2 Å². The first-order valence-electron chi connectivity index (χ1n) is 9.33. The van der Waals surface area contributed by atoms with E-state index < -0.39 is 36.2 Å². The Morgan fingerprint density at radius 1 is 1.10 bits per heavy atom. The largest absolute Gasteiger partial charge is 0.455 e. The van der Waals surface area contributed by atoms with Gasteiger partial charge in [0.05, 0.1) is 23.0 Å². The fourth-order valence-corrected chi connectivity index (χ4v) is 3.38. The molecule has 1 fully saturated rings. The third-order valence-electron chi connectivity index (χ3n) is 4.70. The van der Waals surface area contributed by atoms with Gasteiger partial charge in [-0.25, -0.2) is 0 Å². The molecular weight excluding hydrogens is 445 g/mol. The van der Waals surface area contributed by atoms with Crippen molar-refractivity contribution in [1.82, 2.24) is 10.4 Å². The van der Waals surface area contributed by atoms with Crippen LogP contribution in [0.3, 0.4) is 0 Å². The van der Waals surface area contributed by atoms with Gasteiger partial charge < -0.3 is 10.1 Å². The third-order valence-corrected chi connectivity index (χ3v) is 5.44. The van der Waals surface area contributed by atoms with E-state index in [-0.39, 0.29) is 23.6 Å². The Balaban J connectivity index is 1.51. The number of ether oxygens (including phenoxy) is 1. The molecule has 1 atom stereocenters. The number of hydrogen-bond donors (Lipinski definition) is 2. The van der Waals surface area contributed by atoms with Gasteiger partial charge in [0, 0.05) is 17.1 Å². The maximum atomic E-state index is 12.3. The summed E-state index contributed by atoms with van der Waals surface area (Å²) in [4.78, 5) is 48.9. The number of anilines is 1. The number of halogens is 2. The molecule has 0 aromatic heterocycles. The number of amides is 3. The zero-order valence-corrected chi connectivity index (χ0v) is 18.0. The molecule has 0 saturated carbocycles. The summed E-state index contributed by atoms with van der Waals surface area (Å²) in [5.74, 6) is -3.06. The summed E-state index contributed by atoms with van der Waals surface area (Å²) in [5, 5.41) is 4.40. The highest BCUT2D eigenvalue weighted by Gasteiger charge is 2.37. The lowest BCUT2D eigenvalue weighted by atomic mass is 10.1. The molecule has 1 heterocycles. The van der Waals surface area contributed by atoms with E-state index in [4.69, 9.17) is 27.9 Å². The zero-order valence-electron chi connectivity index (χ0n) is 16.5. The summed E-state index contributed by atoms with van der Waals surface area (Å²) in [6, 6.07) is 11.4. The van der Waals surface area contributed by atoms with Gasteiger partial charge in [-0.1, -0.05) is 41.4 Å². The topological polar surface area (TPSA) is 105 Å². The van der Waals surface area contributed by atoms with Crippen LogP contribution < -0.4 is 10.7 Å². The van der Waals surface area contributed by atoms with Crippen LogP contribution in [0.25, 0.3) is 0 Å². The predicted molar refractivity (Wildman–Crippen MR) is 115 cm³/mol. The molecule has 1 aliphatic rings. The molecule has 3 amide bonds. The van der Waals surface area contributed by atoms with Crippen LogP contribution in [0, 0.1) is 12.8 Å². The fourth-order valence-electron chi connectivity index (χ4n) is 2.99. The summed E-state index contributed by atoms with van der Waals surface area (Å²) >= 11 is 12.0. The molecule has 0 radical (unpaired) electrons. The SMILES string of the molecule is Cc1c(Cl)cccc1NC(=O)COC(=O)[C@@H]1CC(=O)N(NC(=O)c2ccccc2Cl)C1. The van der Waals surface area contributed by atoms with E-state index in [1.165, 1.54) is 6.07 Å². The third kappa shape index (κ3) is 5.53. The van der Waals surface area contributed by atoms with Crippen molar-refractivity contribution >= 4 is 52.6 Å². The average Bonchev–Trinajstić information content (AvgIpc) is 3.10. The minimum absolute atomic E-state index is 0.0666. The van der Waals surface area contributed by atoms with Crippen LogP contribution in [-0.4, -0.2) is 41.9 Å². The number of benzene rings is 2. The van der Waals surface area contributed by atoms with E-state index in [1.807, 2.05) is 0 Å². The van der Waals surface area contributed by atoms with Gasteiger partial charge in [-0.3, -0.25) is 29.6 Å². The van der Waals surface area contributed by atoms with Gasteiger partial charge >= 0.3 is 5.97 Å². The minimum Gasteiger partial charge on any atom is -0.455 e. The van der Waals surface area contributed by atoms with Crippen LogP contribution in [0.5, 0.6) is 0 Å². The number of nitrogens with zero attached hydrogens (tertiary/aromatic N) is 1. The molecule has 1 saturated heterocycles. The zero-order chi connectivity index (χ0) is 22.5. The normalized spacial score (nSPS) is 15.5. The standard InChI is InChI=1S/C21H19Cl2N3O5/c1-12-15(22)7-4-8-17(12)24-18(27)11-31-21(30)13-9-19(28)26(10-13)25-20(29)14-5-2-3-6-16(14)23/h2-8,13H,9-11H2,1H3,(H,24,27)(H,25,29)/t13-/m1/s1. The quantitative estimate of drug-likeness (QED) is 0.640. The van der Waals surface area contributed by atoms with Gasteiger partial charge in [-0.2, -0.15) is 0 Å². The smallest absolute Gasteiger partial charge is 0.311 e. The molecule has 31 heavy (non-hydrogen) atoms. The lowest BCUT2D eigenvalue weighted by molar-refractivity contribution is -0.151. The van der Waals surface area contributed by atoms with Crippen molar-refractivity contribution in [1.29, 1.82) is 0 Å². The first kappa shape index (κ1) is 22.6.